The summed E-state index contributed by atoms with van der Waals surface area (Å²) in [5.74, 6) is 1.66. The lowest BCUT2D eigenvalue weighted by molar-refractivity contribution is 0.259. The molecular weight excluding hydrogens is 406 g/mol. The molecule has 0 spiro atoms. The van der Waals surface area contributed by atoms with Gasteiger partial charge in [0.05, 0.1) is 18.9 Å². The quantitative estimate of drug-likeness (QED) is 0.218. The van der Waals surface area contributed by atoms with E-state index in [-0.39, 0.29) is 0 Å². The third-order valence-electron chi connectivity index (χ3n) is 5.73. The maximum atomic E-state index is 6.45. The topological polar surface area (TPSA) is 21.7 Å². The van der Waals surface area contributed by atoms with Crippen LogP contribution in [-0.2, 0) is 0 Å². The SMILES string of the molecule is CCCCCCOc1cccc(N(c2ccccc2)c2ccccc2)c1OCCCCCC. The summed E-state index contributed by atoms with van der Waals surface area (Å²) in [7, 11) is 0. The van der Waals surface area contributed by atoms with Crippen LogP contribution in [-0.4, -0.2) is 13.2 Å². The Morgan fingerprint density at radius 2 is 1.09 bits per heavy atom. The minimum absolute atomic E-state index is 0.695. The molecule has 0 aliphatic heterocycles. The average molecular weight is 446 g/mol. The molecule has 0 unspecified atom stereocenters. The molecule has 0 aliphatic carbocycles. The lowest BCUT2D eigenvalue weighted by atomic mass is 10.1. The molecule has 0 N–H and O–H groups in total. The highest BCUT2D eigenvalue weighted by Crippen LogP contribution is 2.44. The van der Waals surface area contributed by atoms with Gasteiger partial charge in [-0.05, 0) is 49.2 Å². The van der Waals surface area contributed by atoms with E-state index in [2.05, 4.69) is 79.4 Å². The maximum Gasteiger partial charge on any atom is 0.185 e. The van der Waals surface area contributed by atoms with E-state index in [1.165, 1.54) is 38.5 Å². The molecular formula is C30H39NO2. The first-order valence-electron chi connectivity index (χ1n) is 12.6. The molecule has 0 aliphatic rings. The Kier molecular flexibility index (Phi) is 10.7. The van der Waals surface area contributed by atoms with Gasteiger partial charge in [0.15, 0.2) is 11.5 Å². The smallest absolute Gasteiger partial charge is 0.185 e. The average Bonchev–Trinajstić information content (AvgIpc) is 2.86. The zero-order valence-electron chi connectivity index (χ0n) is 20.3. The van der Waals surface area contributed by atoms with Crippen LogP contribution in [0.4, 0.5) is 17.1 Å². The molecule has 0 amide bonds. The summed E-state index contributed by atoms with van der Waals surface area (Å²) >= 11 is 0. The van der Waals surface area contributed by atoms with Crippen molar-refractivity contribution in [3.63, 3.8) is 0 Å². The number of hydrogen-bond donors (Lipinski definition) is 0. The molecule has 0 radical (unpaired) electrons. The van der Waals surface area contributed by atoms with Crippen molar-refractivity contribution in [1.29, 1.82) is 0 Å². The molecule has 0 heterocycles. The molecule has 0 saturated carbocycles. The Morgan fingerprint density at radius 1 is 0.545 bits per heavy atom. The molecule has 3 aromatic carbocycles. The number of rotatable bonds is 15. The van der Waals surface area contributed by atoms with Crippen molar-refractivity contribution in [2.45, 2.75) is 65.2 Å². The van der Waals surface area contributed by atoms with Crippen LogP contribution in [0.15, 0.2) is 78.9 Å². The summed E-state index contributed by atoms with van der Waals surface area (Å²) in [5, 5.41) is 0. The summed E-state index contributed by atoms with van der Waals surface area (Å²) in [4.78, 5) is 2.26. The molecule has 176 valence electrons. The van der Waals surface area contributed by atoms with Crippen molar-refractivity contribution in [1.82, 2.24) is 0 Å². The lowest BCUT2D eigenvalue weighted by Gasteiger charge is -2.28. The highest BCUT2D eigenvalue weighted by atomic mass is 16.5. The van der Waals surface area contributed by atoms with Gasteiger partial charge in [0, 0.05) is 11.4 Å². The Morgan fingerprint density at radius 3 is 1.64 bits per heavy atom. The zero-order chi connectivity index (χ0) is 23.1. The summed E-state index contributed by atoms with van der Waals surface area (Å²) in [6.07, 6.45) is 9.44. The van der Waals surface area contributed by atoms with Crippen LogP contribution in [0.3, 0.4) is 0 Å². The molecule has 0 saturated heterocycles. The summed E-state index contributed by atoms with van der Waals surface area (Å²) in [6.45, 7) is 5.88. The monoisotopic (exact) mass is 445 g/mol. The number of anilines is 3. The van der Waals surface area contributed by atoms with E-state index < -0.39 is 0 Å². The number of nitrogens with zero attached hydrogens (tertiary/aromatic N) is 1. The molecule has 0 bridgehead atoms. The normalized spacial score (nSPS) is 10.7. The van der Waals surface area contributed by atoms with Crippen LogP contribution >= 0.6 is 0 Å². The van der Waals surface area contributed by atoms with Crippen LogP contribution in [0, 0.1) is 0 Å². The van der Waals surface area contributed by atoms with Crippen LogP contribution in [0.25, 0.3) is 0 Å². The van der Waals surface area contributed by atoms with E-state index in [9.17, 15) is 0 Å². The van der Waals surface area contributed by atoms with E-state index in [0.717, 1.165) is 41.4 Å². The molecule has 0 aromatic heterocycles. The van der Waals surface area contributed by atoms with Crippen LogP contribution < -0.4 is 14.4 Å². The standard InChI is InChI=1S/C30H39NO2/c1-3-5-7-15-24-32-29-23-17-22-28(30(29)33-25-16-8-6-4-2)31(26-18-11-9-12-19-26)27-20-13-10-14-21-27/h9-14,17-23H,3-8,15-16,24-25H2,1-2H3. The molecule has 3 rings (SSSR count). The van der Waals surface area contributed by atoms with Gasteiger partial charge in [0.1, 0.15) is 0 Å². The Balaban J connectivity index is 1.93. The van der Waals surface area contributed by atoms with Crippen molar-refractivity contribution in [3.05, 3.63) is 78.9 Å². The van der Waals surface area contributed by atoms with Crippen molar-refractivity contribution < 1.29 is 9.47 Å². The first-order chi connectivity index (χ1) is 16.3. The fourth-order valence-electron chi connectivity index (χ4n) is 3.93. The Hall–Kier alpha value is -2.94. The van der Waals surface area contributed by atoms with Gasteiger partial charge < -0.3 is 14.4 Å². The lowest BCUT2D eigenvalue weighted by Crippen LogP contribution is -2.13. The number of benzene rings is 3. The highest BCUT2D eigenvalue weighted by molar-refractivity contribution is 5.81. The second-order valence-corrected chi connectivity index (χ2v) is 8.43. The molecule has 33 heavy (non-hydrogen) atoms. The minimum Gasteiger partial charge on any atom is -0.490 e. The van der Waals surface area contributed by atoms with Crippen molar-refractivity contribution in [3.8, 4) is 11.5 Å². The highest BCUT2D eigenvalue weighted by Gasteiger charge is 2.20. The molecule has 3 nitrogen and oxygen atoms in total. The van der Waals surface area contributed by atoms with E-state index in [1.54, 1.807) is 0 Å². The summed E-state index contributed by atoms with van der Waals surface area (Å²) < 4.78 is 12.7. The predicted molar refractivity (Wildman–Crippen MR) is 140 cm³/mol. The van der Waals surface area contributed by atoms with Crippen molar-refractivity contribution in [2.24, 2.45) is 0 Å². The number of unbranched alkanes of at least 4 members (excludes halogenated alkanes) is 6. The third kappa shape index (κ3) is 7.56. The van der Waals surface area contributed by atoms with E-state index in [0.29, 0.717) is 13.2 Å². The summed E-state index contributed by atoms with van der Waals surface area (Å²) in [5.41, 5.74) is 3.20. The summed E-state index contributed by atoms with van der Waals surface area (Å²) in [6, 6.07) is 27.2. The van der Waals surface area contributed by atoms with Gasteiger partial charge in [-0.25, -0.2) is 0 Å². The van der Waals surface area contributed by atoms with E-state index in [4.69, 9.17) is 9.47 Å². The van der Waals surface area contributed by atoms with Crippen LogP contribution in [0.2, 0.25) is 0 Å². The molecule has 0 fully saturated rings. The first-order valence-corrected chi connectivity index (χ1v) is 12.6. The van der Waals surface area contributed by atoms with Crippen molar-refractivity contribution in [2.75, 3.05) is 18.1 Å². The van der Waals surface area contributed by atoms with Gasteiger partial charge in [0.25, 0.3) is 0 Å². The van der Waals surface area contributed by atoms with E-state index in [1.807, 2.05) is 18.2 Å². The predicted octanol–water partition coefficient (Wildman–Crippen LogP) is 9.07. The molecule has 3 heteroatoms. The van der Waals surface area contributed by atoms with Crippen LogP contribution in [0.5, 0.6) is 11.5 Å². The van der Waals surface area contributed by atoms with Gasteiger partial charge in [0.2, 0.25) is 0 Å². The fraction of sp³-hybridized carbons (Fsp3) is 0.400. The number of hydrogen-bond acceptors (Lipinski definition) is 3. The van der Waals surface area contributed by atoms with Crippen LogP contribution in [0.1, 0.15) is 65.2 Å². The second-order valence-electron chi connectivity index (χ2n) is 8.43. The van der Waals surface area contributed by atoms with Gasteiger partial charge >= 0.3 is 0 Å². The fourth-order valence-corrected chi connectivity index (χ4v) is 3.93. The van der Waals surface area contributed by atoms with Crippen molar-refractivity contribution >= 4 is 17.1 Å². The molecule has 0 atom stereocenters. The number of ether oxygens (including phenoxy) is 2. The van der Waals surface area contributed by atoms with Gasteiger partial charge in [-0.1, -0.05) is 94.8 Å². The third-order valence-corrected chi connectivity index (χ3v) is 5.73. The zero-order valence-corrected chi connectivity index (χ0v) is 20.3. The van der Waals surface area contributed by atoms with Gasteiger partial charge in [-0.3, -0.25) is 0 Å². The maximum absolute atomic E-state index is 6.45. The number of para-hydroxylation sites is 3. The first kappa shape index (κ1) is 24.7. The Bertz CT molecular complexity index is 872. The largest absolute Gasteiger partial charge is 0.490 e. The van der Waals surface area contributed by atoms with E-state index >= 15 is 0 Å². The molecule has 3 aromatic rings. The second kappa shape index (κ2) is 14.3. The minimum atomic E-state index is 0.695. The van der Waals surface area contributed by atoms with Gasteiger partial charge in [-0.2, -0.15) is 0 Å². The van der Waals surface area contributed by atoms with Gasteiger partial charge in [-0.15, -0.1) is 0 Å². The Labute approximate surface area is 200 Å².